The van der Waals surface area contributed by atoms with E-state index in [0.717, 1.165) is 17.3 Å². The van der Waals surface area contributed by atoms with Gasteiger partial charge in [0.25, 0.3) is 0 Å². The topological polar surface area (TPSA) is 109 Å². The van der Waals surface area contributed by atoms with Gasteiger partial charge in [-0.15, -0.1) is 0 Å². The zero-order valence-corrected chi connectivity index (χ0v) is 25.1. The Balaban J connectivity index is 0.000000316. The van der Waals surface area contributed by atoms with Crippen LogP contribution in [-0.4, -0.2) is 41.5 Å². The Morgan fingerprint density at radius 3 is 1.92 bits per heavy atom. The summed E-state index contributed by atoms with van der Waals surface area (Å²) >= 11 is 0. The average Bonchev–Trinajstić information content (AvgIpc) is 2.89. The van der Waals surface area contributed by atoms with Crippen LogP contribution in [0, 0.1) is 17.3 Å². The molecule has 0 radical (unpaired) electrons. The van der Waals surface area contributed by atoms with Gasteiger partial charge >= 0.3 is 6.03 Å². The lowest BCUT2D eigenvalue weighted by molar-refractivity contribution is 0.123. The molecule has 3 aliphatic rings. The molecule has 0 spiro atoms. The molecule has 3 saturated carbocycles. The number of allylic oxidation sites excluding steroid dienone is 2. The average molecular weight is 519 g/mol. The minimum atomic E-state index is 0.156. The fraction of sp³-hybridized carbons (Fsp3) is 0.833. The predicted octanol–water partition coefficient (Wildman–Crippen LogP) is 6.97. The molecule has 2 amide bonds. The molecule has 5 N–H and O–H groups in total. The number of hydrogen-bond donors (Lipinski definition) is 3. The van der Waals surface area contributed by atoms with Gasteiger partial charge in [-0.25, -0.2) is 4.79 Å². The predicted molar refractivity (Wildman–Crippen MR) is 160 cm³/mol. The van der Waals surface area contributed by atoms with Crippen LogP contribution in [0.25, 0.3) is 0 Å². The summed E-state index contributed by atoms with van der Waals surface area (Å²) in [6.45, 7) is 12.7. The summed E-state index contributed by atoms with van der Waals surface area (Å²) in [6, 6.07) is 1.07. The van der Waals surface area contributed by atoms with E-state index < -0.39 is 0 Å². The Labute approximate surface area is 228 Å². The zero-order chi connectivity index (χ0) is 27.8. The van der Waals surface area contributed by atoms with Gasteiger partial charge in [0.15, 0.2) is 0 Å². The molecule has 0 saturated heterocycles. The van der Waals surface area contributed by atoms with Crippen molar-refractivity contribution in [2.24, 2.45) is 39.1 Å². The van der Waals surface area contributed by atoms with Crippen LogP contribution >= 0.6 is 0 Å². The van der Waals surface area contributed by atoms with Crippen molar-refractivity contribution in [1.29, 1.82) is 0 Å². The first-order chi connectivity index (χ1) is 17.5. The van der Waals surface area contributed by atoms with Gasteiger partial charge in [-0.05, 0) is 76.2 Å². The summed E-state index contributed by atoms with van der Waals surface area (Å²) in [5, 5.41) is 10.2. The molecule has 2 unspecified atom stereocenters. The molecule has 7 heteroatoms. The highest BCUT2D eigenvalue weighted by molar-refractivity contribution is 5.92. The first kappa shape index (κ1) is 33.0. The second-order valence-electron chi connectivity index (χ2n) is 12.3. The van der Waals surface area contributed by atoms with Crippen LogP contribution in [0.4, 0.5) is 4.79 Å². The lowest BCUT2D eigenvalue weighted by atomic mass is 9.64. The first-order valence-corrected chi connectivity index (χ1v) is 14.7. The van der Waals surface area contributed by atoms with Crippen LogP contribution in [0.3, 0.4) is 0 Å². The van der Waals surface area contributed by atoms with Gasteiger partial charge in [0.05, 0.1) is 5.71 Å². The molecule has 0 aromatic rings. The number of hydrogen-bond acceptors (Lipinski definition) is 5. The van der Waals surface area contributed by atoms with Crippen molar-refractivity contribution < 1.29 is 4.79 Å². The van der Waals surface area contributed by atoms with E-state index in [1.165, 1.54) is 83.5 Å². The minimum absolute atomic E-state index is 0.156. The first-order valence-electron chi connectivity index (χ1n) is 14.7. The number of nitrogens with one attached hydrogen (secondary N) is 1. The molecule has 3 fully saturated rings. The van der Waals surface area contributed by atoms with Gasteiger partial charge in [-0.2, -0.15) is 10.2 Å². The van der Waals surface area contributed by atoms with Gasteiger partial charge in [-0.1, -0.05) is 78.2 Å². The van der Waals surface area contributed by atoms with E-state index in [2.05, 4.69) is 48.4 Å². The molecule has 0 aliphatic heterocycles. The quantitative estimate of drug-likeness (QED) is 0.212. The number of hydrazone groups is 2. The Morgan fingerprint density at radius 1 is 0.892 bits per heavy atom. The van der Waals surface area contributed by atoms with E-state index in [0.29, 0.717) is 23.4 Å². The van der Waals surface area contributed by atoms with Gasteiger partial charge in [-0.3, -0.25) is 0 Å². The normalized spacial score (nSPS) is 24.7. The van der Waals surface area contributed by atoms with E-state index in [1.54, 1.807) is 0 Å². The highest BCUT2D eigenvalue weighted by Gasteiger charge is 2.34. The van der Waals surface area contributed by atoms with Crippen molar-refractivity contribution >= 4 is 17.5 Å². The Hall–Kier alpha value is -2.05. The summed E-state index contributed by atoms with van der Waals surface area (Å²) in [5.41, 5.74) is 2.23. The number of carbonyl (C=O) groups excluding carboxylic acids is 1. The molecule has 37 heavy (non-hydrogen) atoms. The largest absolute Gasteiger partial charge is 0.335 e. The number of nitrogens with zero attached hydrogens (tertiary/aromatic N) is 3. The number of carbonyl (C=O) groups is 1. The molecular weight excluding hydrogens is 460 g/mol. The lowest BCUT2D eigenvalue weighted by Crippen LogP contribution is -2.48. The Kier molecular flexibility index (Phi) is 15.6. The SMILES string of the molecule is CC(/C=C/C1C(C)CCCC1(C)C)=NN.CC(C)=NN.CN(C(=O)NC1CCCCC1)C1CCCCC1. The molecule has 0 heterocycles. The Morgan fingerprint density at radius 2 is 1.43 bits per heavy atom. The van der Waals surface area contributed by atoms with Gasteiger partial charge < -0.3 is 21.9 Å². The molecule has 7 nitrogen and oxygen atoms in total. The third kappa shape index (κ3) is 12.8. The van der Waals surface area contributed by atoms with Crippen molar-refractivity contribution in [3.63, 3.8) is 0 Å². The number of urea groups is 1. The minimum Gasteiger partial charge on any atom is -0.335 e. The Bertz CT molecular complexity index is 728. The molecule has 0 bridgehead atoms. The molecule has 0 aromatic carbocycles. The van der Waals surface area contributed by atoms with Crippen LogP contribution in [0.1, 0.15) is 125 Å². The molecule has 214 valence electrons. The summed E-state index contributed by atoms with van der Waals surface area (Å²) in [7, 11) is 1.97. The summed E-state index contributed by atoms with van der Waals surface area (Å²) in [4.78, 5) is 14.1. The third-order valence-electron chi connectivity index (χ3n) is 8.38. The van der Waals surface area contributed by atoms with E-state index in [4.69, 9.17) is 11.7 Å². The fourth-order valence-electron chi connectivity index (χ4n) is 5.89. The lowest BCUT2D eigenvalue weighted by Gasteiger charge is -2.41. The van der Waals surface area contributed by atoms with Gasteiger partial charge in [0.1, 0.15) is 0 Å². The summed E-state index contributed by atoms with van der Waals surface area (Å²) in [5.74, 6) is 11.4. The summed E-state index contributed by atoms with van der Waals surface area (Å²) < 4.78 is 0. The van der Waals surface area contributed by atoms with Crippen molar-refractivity contribution in [3.8, 4) is 0 Å². The molecule has 0 aromatic heterocycles. The van der Waals surface area contributed by atoms with Crippen LogP contribution in [0.2, 0.25) is 0 Å². The monoisotopic (exact) mass is 518 g/mol. The number of nitrogens with two attached hydrogens (primary N) is 2. The van der Waals surface area contributed by atoms with Crippen molar-refractivity contribution in [2.45, 2.75) is 137 Å². The summed E-state index contributed by atoms with van der Waals surface area (Å²) in [6.07, 6.45) is 20.9. The fourth-order valence-corrected chi connectivity index (χ4v) is 5.89. The van der Waals surface area contributed by atoms with E-state index in [-0.39, 0.29) is 6.03 Å². The van der Waals surface area contributed by atoms with E-state index >= 15 is 0 Å². The number of rotatable bonds is 4. The molecular formula is C30H58N6O. The molecule has 3 aliphatic carbocycles. The third-order valence-corrected chi connectivity index (χ3v) is 8.38. The second-order valence-corrected chi connectivity index (χ2v) is 12.3. The van der Waals surface area contributed by atoms with Crippen LogP contribution in [0.5, 0.6) is 0 Å². The van der Waals surface area contributed by atoms with Gasteiger partial charge in [0.2, 0.25) is 0 Å². The highest BCUT2D eigenvalue weighted by atomic mass is 16.2. The van der Waals surface area contributed by atoms with Crippen molar-refractivity contribution in [2.75, 3.05) is 7.05 Å². The van der Waals surface area contributed by atoms with Crippen molar-refractivity contribution in [3.05, 3.63) is 12.2 Å². The highest BCUT2D eigenvalue weighted by Crippen LogP contribution is 2.44. The zero-order valence-electron chi connectivity index (χ0n) is 25.1. The molecule has 3 rings (SSSR count). The van der Waals surface area contributed by atoms with Crippen LogP contribution < -0.4 is 17.0 Å². The number of amides is 2. The second kappa shape index (κ2) is 17.5. The van der Waals surface area contributed by atoms with Crippen LogP contribution in [-0.2, 0) is 0 Å². The smallest absolute Gasteiger partial charge is 0.317 e. The van der Waals surface area contributed by atoms with E-state index in [1.807, 2.05) is 32.7 Å². The van der Waals surface area contributed by atoms with Crippen molar-refractivity contribution in [1.82, 2.24) is 10.2 Å². The maximum absolute atomic E-state index is 12.1. The maximum atomic E-state index is 12.1. The van der Waals surface area contributed by atoms with Gasteiger partial charge in [0, 0.05) is 24.8 Å². The standard InChI is InChI=1S/C14H26N2O.C13H24N2.C3H8N2/c1-16(13-10-6-3-7-11-13)14(17)15-12-8-4-2-5-9-12;1-10-6-5-9-13(3,4)12(10)8-7-11(2)15-14;1-3(2)5-4/h12-13H,2-11H2,1H3,(H,15,17);7-8,10,12H,5-6,9,14H2,1-4H3;4H2,1-2H3/b;8-7+,15-11?;. The van der Waals surface area contributed by atoms with Crippen LogP contribution in [0.15, 0.2) is 22.4 Å². The molecule has 2 atom stereocenters. The van der Waals surface area contributed by atoms with E-state index in [9.17, 15) is 4.79 Å². The maximum Gasteiger partial charge on any atom is 0.317 e.